The van der Waals surface area contributed by atoms with E-state index in [4.69, 9.17) is 11.6 Å². The normalized spacial score (nSPS) is 13.2. The second-order valence-corrected chi connectivity index (χ2v) is 1.32. The molecule has 0 fully saturated rings. The molecule has 0 bridgehead atoms. The van der Waals surface area contributed by atoms with Crippen molar-refractivity contribution in [3.8, 4) is 0 Å². The van der Waals surface area contributed by atoms with E-state index in [1.807, 2.05) is 0 Å². The fourth-order valence-corrected chi connectivity index (χ4v) is 0.348. The summed E-state index contributed by atoms with van der Waals surface area (Å²) >= 11 is 5.28. The Balaban J connectivity index is 0. The van der Waals surface area contributed by atoms with Crippen LogP contribution in [0.2, 0.25) is 0 Å². The van der Waals surface area contributed by atoms with Crippen LogP contribution < -0.4 is 0 Å². The first-order valence-electron chi connectivity index (χ1n) is 1.72. The van der Waals surface area contributed by atoms with Gasteiger partial charge in [-0.25, -0.2) is 0 Å². The van der Waals surface area contributed by atoms with Crippen molar-refractivity contribution in [2.24, 2.45) is 0 Å². The third kappa shape index (κ3) is 4.94. The summed E-state index contributed by atoms with van der Waals surface area (Å²) in [5.41, 5.74) is 0. The van der Waals surface area contributed by atoms with Gasteiger partial charge < -0.3 is 9.47 Å². The number of hydrogen-bond donors (Lipinski definition) is 0. The Morgan fingerprint density at radius 2 is 2.00 bits per heavy atom. The largest absolute Gasteiger partial charge is 0.465 e. The molecule has 9 heavy (non-hydrogen) atoms. The van der Waals surface area contributed by atoms with Crippen molar-refractivity contribution < 1.29 is 35.7 Å². The van der Waals surface area contributed by atoms with Gasteiger partial charge in [-0.15, -0.1) is 0 Å². The molecule has 0 aromatic rings. The number of ether oxygens (including phenoxy) is 2. The van der Waals surface area contributed by atoms with Crippen LogP contribution in [0.1, 0.15) is 0 Å². The minimum Gasteiger partial charge on any atom is -0.465 e. The van der Waals surface area contributed by atoms with Crippen molar-refractivity contribution in [2.45, 2.75) is 0 Å². The zero-order valence-electron chi connectivity index (χ0n) is 4.43. The van der Waals surface area contributed by atoms with Crippen LogP contribution >= 0.6 is 11.6 Å². The first-order valence-corrected chi connectivity index (χ1v) is 2.10. The summed E-state index contributed by atoms with van der Waals surface area (Å²) in [6.45, 7) is 0. The van der Waals surface area contributed by atoms with Gasteiger partial charge in [-0.2, -0.15) is 0 Å². The van der Waals surface area contributed by atoms with Gasteiger partial charge in [-0.05, 0) is 11.6 Å². The van der Waals surface area contributed by atoms with Gasteiger partial charge in [0.2, 0.25) is 5.22 Å². The smallest absolute Gasteiger partial charge is 0.228 e. The molecule has 0 atom stereocenters. The third-order valence-corrected chi connectivity index (χ3v) is 0.654. The van der Waals surface area contributed by atoms with E-state index in [1.165, 1.54) is 18.8 Å². The molecule has 0 saturated carbocycles. The molecule has 1 heterocycles. The Labute approximate surface area is 82.0 Å². The van der Waals surface area contributed by atoms with E-state index < -0.39 is 0 Å². The second-order valence-electron chi connectivity index (χ2n) is 0.948. The van der Waals surface area contributed by atoms with Crippen molar-refractivity contribution >= 4 is 22.6 Å². The molecule has 0 spiro atoms. The molecule has 1 aliphatic heterocycles. The quantitative estimate of drug-likeness (QED) is 0.589. The fraction of sp³-hybridized carbons (Fsp3) is 0. The Kier molecular flexibility index (Phi) is 8.91. The molecule has 0 aliphatic carbocycles. The molecule has 46 valence electrons. The molecule has 0 unspecified atom stereocenters. The second kappa shape index (κ2) is 6.59. The molecule has 1 rings (SSSR count). The number of hydrogen-bond acceptors (Lipinski definition) is 2. The van der Waals surface area contributed by atoms with E-state index in [0.717, 1.165) is 0 Å². The number of rotatable bonds is 0. The fourth-order valence-electron chi connectivity index (χ4n) is 0.245. The Hall–Kier alpha value is 0.470. The van der Waals surface area contributed by atoms with E-state index >= 15 is 0 Å². The monoisotopic (exact) mass is 236 g/mol. The van der Waals surface area contributed by atoms with Crippen molar-refractivity contribution in [3.63, 3.8) is 0 Å². The van der Waals surface area contributed by atoms with Crippen LogP contribution in [0.15, 0.2) is 24.0 Å². The van der Waals surface area contributed by atoms with Gasteiger partial charge in [-0.1, -0.05) is 0 Å². The zero-order valence-corrected chi connectivity index (χ0v) is 8.64. The summed E-state index contributed by atoms with van der Waals surface area (Å²) in [5.74, 6) is 0. The van der Waals surface area contributed by atoms with E-state index in [9.17, 15) is 0 Å². The summed E-state index contributed by atoms with van der Waals surface area (Å²) in [5, 5.41) is 0.252. The molecule has 5 heteroatoms. The average molecular weight is 238 g/mol. The van der Waals surface area contributed by atoms with Crippen molar-refractivity contribution in [1.29, 1.82) is 0 Å². The van der Waals surface area contributed by atoms with E-state index in [2.05, 4.69) is 9.47 Å². The van der Waals surface area contributed by atoms with Gasteiger partial charge in [0.15, 0.2) is 0 Å². The molecular formula is C4H3ClO2SiZr. The zero-order chi connectivity index (χ0) is 5.11. The van der Waals surface area contributed by atoms with Crippen LogP contribution in [0, 0.1) is 0 Å². The Bertz CT molecular complexity index is 126. The van der Waals surface area contributed by atoms with Crippen LogP contribution in [0.5, 0.6) is 0 Å². The summed E-state index contributed by atoms with van der Waals surface area (Å²) in [6, 6.07) is 0. The van der Waals surface area contributed by atoms with Crippen molar-refractivity contribution in [1.82, 2.24) is 0 Å². The van der Waals surface area contributed by atoms with Gasteiger partial charge in [0.1, 0.15) is 18.8 Å². The maximum atomic E-state index is 5.28. The molecular weight excluding hydrogens is 235 g/mol. The topological polar surface area (TPSA) is 18.5 Å². The first kappa shape index (κ1) is 12.2. The molecule has 4 radical (unpaired) electrons. The van der Waals surface area contributed by atoms with Gasteiger partial charge in [0, 0.05) is 37.2 Å². The van der Waals surface area contributed by atoms with Gasteiger partial charge >= 0.3 is 0 Å². The Morgan fingerprint density at radius 1 is 1.33 bits per heavy atom. The standard InChI is InChI=1S/C4H3ClO2.Si.Zr/c5-4-3-6-1-2-7-4;;/h1-3H;;. The SMILES string of the molecule is ClC1=COC=CO1.[Si].[Zr]. The molecule has 1 aliphatic rings. The van der Waals surface area contributed by atoms with Crippen molar-refractivity contribution in [2.75, 3.05) is 0 Å². The van der Waals surface area contributed by atoms with Gasteiger partial charge in [-0.3, -0.25) is 0 Å². The summed E-state index contributed by atoms with van der Waals surface area (Å²) < 4.78 is 9.18. The summed E-state index contributed by atoms with van der Waals surface area (Å²) in [4.78, 5) is 0. The summed E-state index contributed by atoms with van der Waals surface area (Å²) in [6.07, 6.45) is 4.07. The van der Waals surface area contributed by atoms with Crippen LogP contribution in [0.25, 0.3) is 0 Å². The minimum absolute atomic E-state index is 0. The van der Waals surface area contributed by atoms with Crippen molar-refractivity contribution in [3.05, 3.63) is 24.0 Å². The molecule has 2 nitrogen and oxygen atoms in total. The van der Waals surface area contributed by atoms with Gasteiger partial charge in [0.05, 0.1) is 0 Å². The Morgan fingerprint density at radius 3 is 2.22 bits per heavy atom. The third-order valence-electron chi connectivity index (χ3n) is 0.475. The molecule has 0 amide bonds. The van der Waals surface area contributed by atoms with E-state index in [0.29, 0.717) is 0 Å². The maximum Gasteiger partial charge on any atom is 0.228 e. The maximum absolute atomic E-state index is 5.28. The molecule has 0 aromatic heterocycles. The predicted molar refractivity (Wildman–Crippen MR) is 31.0 cm³/mol. The first-order chi connectivity index (χ1) is 3.39. The van der Waals surface area contributed by atoms with E-state index in [-0.39, 0.29) is 42.4 Å². The minimum atomic E-state index is 0. The van der Waals surface area contributed by atoms with Crippen LogP contribution in [0.3, 0.4) is 0 Å². The van der Waals surface area contributed by atoms with E-state index in [1.54, 1.807) is 0 Å². The number of halogens is 1. The predicted octanol–water partition coefficient (Wildman–Crippen LogP) is 1.16. The van der Waals surface area contributed by atoms with Crippen LogP contribution in [0.4, 0.5) is 0 Å². The van der Waals surface area contributed by atoms with Crippen LogP contribution in [-0.2, 0) is 35.7 Å². The average Bonchev–Trinajstić information content (AvgIpc) is 1.69. The molecule has 0 aromatic carbocycles. The van der Waals surface area contributed by atoms with Crippen LogP contribution in [-0.4, -0.2) is 11.0 Å². The van der Waals surface area contributed by atoms with Gasteiger partial charge in [0.25, 0.3) is 0 Å². The summed E-state index contributed by atoms with van der Waals surface area (Å²) in [7, 11) is 0. The molecule has 0 saturated heterocycles. The molecule has 0 N–H and O–H groups in total.